The zero-order chi connectivity index (χ0) is 13.1. The van der Waals surface area contributed by atoms with Gasteiger partial charge < -0.3 is 14.9 Å². The Morgan fingerprint density at radius 2 is 2.00 bits per heavy atom. The normalized spacial score (nSPS) is 33.7. The highest BCUT2D eigenvalue weighted by Gasteiger charge is 2.33. The lowest BCUT2D eigenvalue weighted by molar-refractivity contribution is -0.116. The first-order chi connectivity index (χ1) is 7.85. The van der Waals surface area contributed by atoms with E-state index in [2.05, 4.69) is 20.8 Å². The Morgan fingerprint density at radius 1 is 1.35 bits per heavy atom. The van der Waals surface area contributed by atoms with Crippen molar-refractivity contribution in [1.29, 1.82) is 0 Å². The highest BCUT2D eigenvalue weighted by Crippen LogP contribution is 2.35. The molecule has 0 heterocycles. The number of hydrogen-bond donors (Lipinski definition) is 2. The first kappa shape index (κ1) is 14.9. The first-order valence-electron chi connectivity index (χ1n) is 6.80. The number of rotatable bonds is 5. The summed E-state index contributed by atoms with van der Waals surface area (Å²) < 4.78 is 5.87. The van der Waals surface area contributed by atoms with Crippen LogP contribution in [0.25, 0.3) is 0 Å². The Kier molecular flexibility index (Phi) is 5.42. The van der Waals surface area contributed by atoms with Crippen LogP contribution in [0.15, 0.2) is 0 Å². The molecule has 4 atom stereocenters. The first-order valence-corrected chi connectivity index (χ1v) is 6.80. The third-order valence-corrected chi connectivity index (χ3v) is 3.91. The minimum atomic E-state index is -1.11. The van der Waals surface area contributed by atoms with E-state index in [9.17, 15) is 5.11 Å². The lowest BCUT2D eigenvalue weighted by Crippen LogP contribution is -2.41. The second kappa shape index (κ2) is 6.17. The summed E-state index contributed by atoms with van der Waals surface area (Å²) in [5, 5.41) is 18.8. The van der Waals surface area contributed by atoms with Crippen molar-refractivity contribution in [2.24, 2.45) is 17.8 Å². The highest BCUT2D eigenvalue weighted by atomic mass is 16.5. The van der Waals surface area contributed by atoms with Crippen LogP contribution in [0.2, 0.25) is 0 Å². The van der Waals surface area contributed by atoms with Gasteiger partial charge in [0.2, 0.25) is 0 Å². The van der Waals surface area contributed by atoms with Crippen molar-refractivity contribution >= 4 is 0 Å². The van der Waals surface area contributed by atoms with Crippen LogP contribution in [0.3, 0.4) is 0 Å². The summed E-state index contributed by atoms with van der Waals surface area (Å²) in [6.07, 6.45) is 3.80. The zero-order valence-electron chi connectivity index (χ0n) is 11.6. The van der Waals surface area contributed by atoms with Gasteiger partial charge in [0.25, 0.3) is 0 Å². The SMILES string of the molecule is CC(C)[C@@H]1CC[C@@H](C)C[C@@H]1OCC(C)(O)CO. The van der Waals surface area contributed by atoms with Gasteiger partial charge in [0.15, 0.2) is 0 Å². The van der Waals surface area contributed by atoms with Crippen LogP contribution in [0.5, 0.6) is 0 Å². The molecule has 1 rings (SSSR count). The van der Waals surface area contributed by atoms with Crippen molar-refractivity contribution in [1.82, 2.24) is 0 Å². The third kappa shape index (κ3) is 4.57. The van der Waals surface area contributed by atoms with Crippen LogP contribution in [0, 0.1) is 17.8 Å². The Morgan fingerprint density at radius 3 is 2.53 bits per heavy atom. The van der Waals surface area contributed by atoms with Gasteiger partial charge in [0.1, 0.15) is 5.60 Å². The molecule has 1 aliphatic rings. The molecule has 0 radical (unpaired) electrons. The van der Waals surface area contributed by atoms with Crippen molar-refractivity contribution in [3.8, 4) is 0 Å². The molecule has 0 aliphatic heterocycles. The average molecular weight is 244 g/mol. The van der Waals surface area contributed by atoms with Crippen LogP contribution in [-0.4, -0.2) is 35.1 Å². The molecule has 0 aromatic carbocycles. The van der Waals surface area contributed by atoms with E-state index < -0.39 is 5.60 Å². The summed E-state index contributed by atoms with van der Waals surface area (Å²) in [5.74, 6) is 1.90. The molecule has 1 fully saturated rings. The predicted molar refractivity (Wildman–Crippen MR) is 68.8 cm³/mol. The second-order valence-electron chi connectivity index (χ2n) is 6.33. The van der Waals surface area contributed by atoms with Gasteiger partial charge in [-0.05, 0) is 37.5 Å². The van der Waals surface area contributed by atoms with E-state index in [1.54, 1.807) is 6.92 Å². The molecule has 1 aliphatic carbocycles. The number of ether oxygens (including phenoxy) is 1. The molecule has 0 amide bonds. The molecule has 1 unspecified atom stereocenters. The summed E-state index contributed by atoms with van der Waals surface area (Å²) in [5.41, 5.74) is -1.11. The van der Waals surface area contributed by atoms with E-state index >= 15 is 0 Å². The number of hydrogen-bond acceptors (Lipinski definition) is 3. The van der Waals surface area contributed by atoms with E-state index in [1.807, 2.05) is 0 Å². The maximum absolute atomic E-state index is 9.77. The summed E-state index contributed by atoms with van der Waals surface area (Å²) in [7, 11) is 0. The van der Waals surface area contributed by atoms with Gasteiger partial charge >= 0.3 is 0 Å². The largest absolute Gasteiger partial charge is 0.393 e. The summed E-state index contributed by atoms with van der Waals surface area (Å²) in [6.45, 7) is 8.33. The quantitative estimate of drug-likeness (QED) is 0.779. The second-order valence-corrected chi connectivity index (χ2v) is 6.33. The molecule has 3 nitrogen and oxygen atoms in total. The maximum atomic E-state index is 9.77. The molecule has 0 saturated heterocycles. The topological polar surface area (TPSA) is 49.7 Å². The molecule has 17 heavy (non-hydrogen) atoms. The van der Waals surface area contributed by atoms with Crippen molar-refractivity contribution in [3.05, 3.63) is 0 Å². The molecule has 3 heteroatoms. The van der Waals surface area contributed by atoms with Crippen LogP contribution in [0.1, 0.15) is 47.0 Å². The third-order valence-electron chi connectivity index (χ3n) is 3.91. The van der Waals surface area contributed by atoms with Gasteiger partial charge in [-0.3, -0.25) is 0 Å². The number of aliphatic hydroxyl groups excluding tert-OH is 1. The predicted octanol–water partition coefficient (Wildman–Crippen LogP) is 2.21. The Labute approximate surface area is 105 Å². The van der Waals surface area contributed by atoms with Crippen molar-refractivity contribution < 1.29 is 14.9 Å². The highest BCUT2D eigenvalue weighted by molar-refractivity contribution is 4.82. The van der Waals surface area contributed by atoms with E-state index in [0.29, 0.717) is 17.8 Å². The average Bonchev–Trinajstić information content (AvgIpc) is 2.26. The Bertz CT molecular complexity index is 226. The molecule has 1 saturated carbocycles. The van der Waals surface area contributed by atoms with Gasteiger partial charge in [-0.15, -0.1) is 0 Å². The van der Waals surface area contributed by atoms with E-state index in [-0.39, 0.29) is 19.3 Å². The van der Waals surface area contributed by atoms with Crippen LogP contribution >= 0.6 is 0 Å². The summed E-state index contributed by atoms with van der Waals surface area (Å²) in [4.78, 5) is 0. The maximum Gasteiger partial charge on any atom is 0.108 e. The standard InChI is InChI=1S/C14H28O3/c1-10(2)12-6-5-11(3)7-13(12)17-9-14(4,16)8-15/h10-13,15-16H,5-9H2,1-4H3/t11-,12+,13+,14?/m1/s1. The molecule has 0 aromatic heterocycles. The summed E-state index contributed by atoms with van der Waals surface area (Å²) in [6, 6.07) is 0. The zero-order valence-corrected chi connectivity index (χ0v) is 11.6. The van der Waals surface area contributed by atoms with Crippen LogP contribution in [-0.2, 0) is 4.74 Å². The fourth-order valence-corrected chi connectivity index (χ4v) is 2.64. The van der Waals surface area contributed by atoms with Gasteiger partial charge in [0.05, 0.1) is 19.3 Å². The molecule has 2 N–H and O–H groups in total. The smallest absolute Gasteiger partial charge is 0.108 e. The van der Waals surface area contributed by atoms with Gasteiger partial charge in [-0.25, -0.2) is 0 Å². The molecule has 0 bridgehead atoms. The lowest BCUT2D eigenvalue weighted by atomic mass is 9.75. The van der Waals surface area contributed by atoms with E-state index in [0.717, 1.165) is 6.42 Å². The molecule has 0 aromatic rings. The van der Waals surface area contributed by atoms with Gasteiger partial charge in [-0.2, -0.15) is 0 Å². The van der Waals surface area contributed by atoms with Crippen molar-refractivity contribution in [2.75, 3.05) is 13.2 Å². The molecular weight excluding hydrogens is 216 g/mol. The molecule has 102 valence electrons. The van der Waals surface area contributed by atoms with Crippen LogP contribution < -0.4 is 0 Å². The Balaban J connectivity index is 2.52. The minimum Gasteiger partial charge on any atom is -0.393 e. The molecular formula is C14H28O3. The van der Waals surface area contributed by atoms with Gasteiger partial charge in [0, 0.05) is 0 Å². The minimum absolute atomic E-state index is 0.226. The van der Waals surface area contributed by atoms with E-state index in [1.165, 1.54) is 12.8 Å². The van der Waals surface area contributed by atoms with Crippen LogP contribution in [0.4, 0.5) is 0 Å². The van der Waals surface area contributed by atoms with Crippen molar-refractivity contribution in [3.63, 3.8) is 0 Å². The Hall–Kier alpha value is -0.120. The van der Waals surface area contributed by atoms with Crippen molar-refractivity contribution in [2.45, 2.75) is 58.7 Å². The fourth-order valence-electron chi connectivity index (χ4n) is 2.64. The fraction of sp³-hybridized carbons (Fsp3) is 1.00. The summed E-state index contributed by atoms with van der Waals surface area (Å²) >= 11 is 0. The molecule has 0 spiro atoms. The van der Waals surface area contributed by atoms with E-state index in [4.69, 9.17) is 9.84 Å². The monoisotopic (exact) mass is 244 g/mol. The lowest BCUT2D eigenvalue weighted by Gasteiger charge is -2.38. The number of aliphatic hydroxyl groups is 2. The van der Waals surface area contributed by atoms with Gasteiger partial charge in [-0.1, -0.05) is 27.2 Å².